The summed E-state index contributed by atoms with van der Waals surface area (Å²) in [6, 6.07) is -1.49. The number of aliphatic carboxylic acids is 2. The molecule has 19 heavy (non-hydrogen) atoms. The average Bonchev–Trinajstić information content (AvgIpc) is 2.25. The zero-order chi connectivity index (χ0) is 15.3. The molecule has 0 amide bonds. The molecule has 110 valence electrons. The molecule has 0 aromatic carbocycles. The molecule has 2 N–H and O–H groups in total. The van der Waals surface area contributed by atoms with Crippen molar-refractivity contribution in [1.29, 1.82) is 0 Å². The fourth-order valence-electron chi connectivity index (χ4n) is 1.95. The Bertz CT molecular complexity index is 353. The lowest BCUT2D eigenvalue weighted by Gasteiger charge is -2.36. The molecule has 6 nitrogen and oxygen atoms in total. The lowest BCUT2D eigenvalue weighted by Crippen LogP contribution is -2.53. The van der Waals surface area contributed by atoms with Gasteiger partial charge in [0.05, 0.1) is 12.0 Å². The third-order valence-electron chi connectivity index (χ3n) is 3.23. The van der Waals surface area contributed by atoms with Crippen LogP contribution >= 0.6 is 0 Å². The van der Waals surface area contributed by atoms with Gasteiger partial charge in [-0.25, -0.2) is 0 Å². The van der Waals surface area contributed by atoms with Crippen LogP contribution in [0.4, 0.5) is 0 Å². The summed E-state index contributed by atoms with van der Waals surface area (Å²) in [7, 11) is 0. The third-order valence-corrected chi connectivity index (χ3v) is 3.23. The number of carboxylic acid groups (broad SMARTS) is 2. The van der Waals surface area contributed by atoms with Crippen molar-refractivity contribution in [2.24, 2.45) is 11.8 Å². The number of Topliss-reactive ketones (excluding diaryl/α,β-unsaturated/α-hetero) is 1. The van der Waals surface area contributed by atoms with Gasteiger partial charge in [0.2, 0.25) is 0 Å². The van der Waals surface area contributed by atoms with Crippen LogP contribution in [0.25, 0.3) is 0 Å². The fourth-order valence-corrected chi connectivity index (χ4v) is 1.95. The van der Waals surface area contributed by atoms with E-state index in [0.29, 0.717) is 0 Å². The minimum atomic E-state index is -1.04. The van der Waals surface area contributed by atoms with E-state index in [-0.39, 0.29) is 18.2 Å². The van der Waals surface area contributed by atoms with Crippen LogP contribution < -0.4 is 0 Å². The van der Waals surface area contributed by atoms with Gasteiger partial charge in [0.1, 0.15) is 11.8 Å². The smallest absolute Gasteiger partial charge is 0.321 e. The lowest BCUT2D eigenvalue weighted by molar-refractivity contribution is -0.151. The van der Waals surface area contributed by atoms with Crippen molar-refractivity contribution >= 4 is 17.7 Å². The van der Waals surface area contributed by atoms with E-state index < -0.39 is 29.9 Å². The number of ketones is 1. The van der Waals surface area contributed by atoms with E-state index in [9.17, 15) is 19.5 Å². The van der Waals surface area contributed by atoms with Gasteiger partial charge in [-0.1, -0.05) is 20.8 Å². The Hall–Kier alpha value is -1.43. The van der Waals surface area contributed by atoms with Crippen molar-refractivity contribution in [1.82, 2.24) is 4.90 Å². The van der Waals surface area contributed by atoms with E-state index in [1.807, 2.05) is 0 Å². The molecule has 0 spiro atoms. The Morgan fingerprint density at radius 3 is 1.74 bits per heavy atom. The van der Waals surface area contributed by atoms with Crippen LogP contribution in [0.1, 0.15) is 34.6 Å². The molecule has 0 fully saturated rings. The van der Waals surface area contributed by atoms with Crippen LogP contribution in [0.3, 0.4) is 0 Å². The maximum Gasteiger partial charge on any atom is 0.321 e. The molecule has 0 aliphatic rings. The number of rotatable bonds is 8. The summed E-state index contributed by atoms with van der Waals surface area (Å²) in [5, 5.41) is 18.2. The number of hydrogen-bond donors (Lipinski definition) is 2. The number of carbonyl (C=O) groups is 3. The molecule has 0 rings (SSSR count). The maximum absolute atomic E-state index is 11.5. The van der Waals surface area contributed by atoms with Gasteiger partial charge in [-0.3, -0.25) is 19.3 Å². The summed E-state index contributed by atoms with van der Waals surface area (Å²) in [6.07, 6.45) is 0. The first-order valence-electron chi connectivity index (χ1n) is 6.31. The quantitative estimate of drug-likeness (QED) is 0.687. The second-order valence-corrected chi connectivity index (χ2v) is 5.25. The molecular formula is C13H23NO5. The number of carbonyl (C=O) groups excluding carboxylic acids is 1. The maximum atomic E-state index is 11.5. The van der Waals surface area contributed by atoms with E-state index >= 15 is 0 Å². The summed E-state index contributed by atoms with van der Waals surface area (Å²) in [4.78, 5) is 35.3. The molecular weight excluding hydrogens is 250 g/mol. The molecule has 0 aliphatic carbocycles. The van der Waals surface area contributed by atoms with Crippen LogP contribution in [-0.2, 0) is 14.4 Å². The molecule has 0 saturated carbocycles. The topological polar surface area (TPSA) is 94.9 Å². The molecule has 0 radical (unpaired) electrons. The monoisotopic (exact) mass is 273 g/mol. The Kier molecular flexibility index (Phi) is 6.69. The van der Waals surface area contributed by atoms with Crippen LogP contribution in [0.2, 0.25) is 0 Å². The SMILES string of the molecule is CC(=O)C(C)N(CC(C)C(=O)O)C(C(=O)O)C(C)C. The van der Waals surface area contributed by atoms with Gasteiger partial charge in [-0.2, -0.15) is 0 Å². The van der Waals surface area contributed by atoms with Crippen LogP contribution in [-0.4, -0.2) is 51.5 Å². The van der Waals surface area contributed by atoms with Crippen molar-refractivity contribution in [2.45, 2.75) is 46.7 Å². The van der Waals surface area contributed by atoms with E-state index in [1.165, 1.54) is 18.7 Å². The minimum absolute atomic E-state index is 0.0330. The zero-order valence-corrected chi connectivity index (χ0v) is 12.1. The van der Waals surface area contributed by atoms with Gasteiger partial charge in [0, 0.05) is 6.54 Å². The Morgan fingerprint density at radius 1 is 1.00 bits per heavy atom. The fraction of sp³-hybridized carbons (Fsp3) is 0.769. The second kappa shape index (κ2) is 7.23. The highest BCUT2D eigenvalue weighted by atomic mass is 16.4. The molecule has 0 aliphatic heterocycles. The highest BCUT2D eigenvalue weighted by molar-refractivity contribution is 5.82. The van der Waals surface area contributed by atoms with Gasteiger partial charge in [-0.05, 0) is 19.8 Å². The Morgan fingerprint density at radius 2 is 1.47 bits per heavy atom. The van der Waals surface area contributed by atoms with Gasteiger partial charge in [0.25, 0.3) is 0 Å². The van der Waals surface area contributed by atoms with Gasteiger partial charge in [-0.15, -0.1) is 0 Å². The first-order valence-corrected chi connectivity index (χ1v) is 6.31. The molecule has 0 heterocycles. The summed E-state index contributed by atoms with van der Waals surface area (Å²) >= 11 is 0. The normalized spacial score (nSPS) is 16.2. The average molecular weight is 273 g/mol. The molecule has 3 atom stereocenters. The molecule has 6 heteroatoms. The van der Waals surface area contributed by atoms with Crippen LogP contribution in [0.15, 0.2) is 0 Å². The van der Waals surface area contributed by atoms with Gasteiger partial charge < -0.3 is 10.2 Å². The van der Waals surface area contributed by atoms with E-state index in [1.54, 1.807) is 20.8 Å². The zero-order valence-electron chi connectivity index (χ0n) is 12.1. The Labute approximate surface area is 113 Å². The summed E-state index contributed by atoms with van der Waals surface area (Å²) in [5.41, 5.74) is 0. The van der Waals surface area contributed by atoms with Crippen molar-refractivity contribution < 1.29 is 24.6 Å². The van der Waals surface area contributed by atoms with Crippen molar-refractivity contribution in [3.8, 4) is 0 Å². The second-order valence-electron chi connectivity index (χ2n) is 5.25. The lowest BCUT2D eigenvalue weighted by atomic mass is 9.98. The summed E-state index contributed by atoms with van der Waals surface area (Å²) in [6.45, 7) is 8.00. The molecule has 0 bridgehead atoms. The first-order chi connectivity index (χ1) is 8.59. The molecule has 0 aromatic rings. The van der Waals surface area contributed by atoms with E-state index in [2.05, 4.69) is 0 Å². The standard InChI is InChI=1S/C13H23NO5/c1-7(2)11(13(18)19)14(9(4)10(5)15)6-8(3)12(16)17/h7-9,11H,6H2,1-5H3,(H,16,17)(H,18,19). The molecule has 0 saturated heterocycles. The minimum Gasteiger partial charge on any atom is -0.481 e. The molecule has 3 unspecified atom stereocenters. The largest absolute Gasteiger partial charge is 0.481 e. The highest BCUT2D eigenvalue weighted by Gasteiger charge is 2.35. The third kappa shape index (κ3) is 4.98. The predicted molar refractivity (Wildman–Crippen MR) is 69.9 cm³/mol. The van der Waals surface area contributed by atoms with Gasteiger partial charge >= 0.3 is 11.9 Å². The number of hydrogen-bond acceptors (Lipinski definition) is 4. The van der Waals surface area contributed by atoms with E-state index in [4.69, 9.17) is 5.11 Å². The van der Waals surface area contributed by atoms with Crippen molar-refractivity contribution in [3.63, 3.8) is 0 Å². The van der Waals surface area contributed by atoms with Crippen LogP contribution in [0, 0.1) is 11.8 Å². The molecule has 0 aromatic heterocycles. The van der Waals surface area contributed by atoms with Crippen molar-refractivity contribution in [2.75, 3.05) is 6.54 Å². The summed E-state index contributed by atoms with van der Waals surface area (Å²) in [5.74, 6) is -3.18. The van der Waals surface area contributed by atoms with Crippen molar-refractivity contribution in [3.05, 3.63) is 0 Å². The van der Waals surface area contributed by atoms with E-state index in [0.717, 1.165) is 0 Å². The first kappa shape index (κ1) is 17.6. The van der Waals surface area contributed by atoms with Gasteiger partial charge in [0.15, 0.2) is 0 Å². The Balaban J connectivity index is 5.30. The predicted octanol–water partition coefficient (Wildman–Crippen LogP) is 1.10. The number of carboxylic acids is 2. The summed E-state index contributed by atoms with van der Waals surface area (Å²) < 4.78 is 0. The number of nitrogens with zero attached hydrogens (tertiary/aromatic N) is 1. The van der Waals surface area contributed by atoms with Crippen LogP contribution in [0.5, 0.6) is 0 Å². The highest BCUT2D eigenvalue weighted by Crippen LogP contribution is 2.17.